The zero-order valence-corrected chi connectivity index (χ0v) is 6.52. The smallest absolute Gasteiger partial charge is 0.384 e. The van der Waals surface area contributed by atoms with Gasteiger partial charge in [0.1, 0.15) is 0 Å². The fourth-order valence-electron chi connectivity index (χ4n) is 0.990. The van der Waals surface area contributed by atoms with Crippen LogP contribution in [0, 0.1) is 17.8 Å². The van der Waals surface area contributed by atoms with Crippen LogP contribution in [-0.2, 0) is 9.53 Å². The van der Waals surface area contributed by atoms with E-state index in [-0.39, 0.29) is 0 Å². The molecule has 1 aliphatic rings. The van der Waals surface area contributed by atoms with Crippen molar-refractivity contribution in [3.63, 3.8) is 0 Å². The average Bonchev–Trinajstić information content (AvgIpc) is 2.52. The van der Waals surface area contributed by atoms with E-state index in [4.69, 9.17) is 0 Å². The van der Waals surface area contributed by atoms with Gasteiger partial charge in [-0.3, -0.25) is 0 Å². The Hall–Kier alpha value is -1.01. The van der Waals surface area contributed by atoms with E-state index in [9.17, 15) is 4.79 Å². The quantitative estimate of drug-likeness (QED) is 0.297. The molecule has 0 aromatic heterocycles. The topological polar surface area (TPSA) is 38.3 Å². The van der Waals surface area contributed by atoms with Crippen LogP contribution in [0.25, 0.3) is 0 Å². The molecule has 0 amide bonds. The third-order valence-electron chi connectivity index (χ3n) is 1.62. The summed E-state index contributed by atoms with van der Waals surface area (Å²) in [4.78, 5) is 10.6. The van der Waals surface area contributed by atoms with Crippen LogP contribution in [0.3, 0.4) is 0 Å². The van der Waals surface area contributed by atoms with E-state index in [1.165, 1.54) is 7.11 Å². The van der Waals surface area contributed by atoms with Crippen molar-refractivity contribution in [2.45, 2.75) is 6.42 Å². The van der Waals surface area contributed by atoms with Gasteiger partial charge in [0.15, 0.2) is 0 Å². The Balaban J connectivity index is 2.36. The van der Waals surface area contributed by atoms with Gasteiger partial charge in [0.2, 0.25) is 0 Å². The molecule has 0 bridgehead atoms. The van der Waals surface area contributed by atoms with E-state index >= 15 is 0 Å². The number of carbonyl (C=O) groups is 1. The van der Waals surface area contributed by atoms with Crippen LogP contribution >= 0.6 is 0 Å². The van der Waals surface area contributed by atoms with Gasteiger partial charge in [-0.05, 0) is 13.0 Å². The minimum atomic E-state index is -0.447. The van der Waals surface area contributed by atoms with Gasteiger partial charge in [-0.25, -0.2) is 4.79 Å². The monoisotopic (exact) mass is 153 g/mol. The second kappa shape index (κ2) is 3.99. The van der Waals surface area contributed by atoms with Crippen molar-refractivity contribution >= 4 is 5.97 Å². The first kappa shape index (κ1) is 8.09. The highest BCUT2D eigenvalue weighted by Crippen LogP contribution is 2.04. The van der Waals surface area contributed by atoms with Gasteiger partial charge >= 0.3 is 5.97 Å². The predicted octanol–water partition coefficient (Wildman–Crippen LogP) is -0.228. The first-order valence-electron chi connectivity index (χ1n) is 3.63. The number of rotatable bonds is 0. The van der Waals surface area contributed by atoms with Crippen LogP contribution in [0.15, 0.2) is 0 Å². The van der Waals surface area contributed by atoms with E-state index in [2.05, 4.69) is 21.9 Å². The first-order valence-corrected chi connectivity index (χ1v) is 3.63. The van der Waals surface area contributed by atoms with Crippen molar-refractivity contribution < 1.29 is 9.53 Å². The minimum Gasteiger partial charge on any atom is -0.459 e. The highest BCUT2D eigenvalue weighted by molar-refractivity contribution is 5.88. The molecule has 1 heterocycles. The Morgan fingerprint density at radius 2 is 2.55 bits per heavy atom. The maximum Gasteiger partial charge on any atom is 0.384 e. The van der Waals surface area contributed by atoms with Crippen LogP contribution in [0.2, 0.25) is 0 Å². The van der Waals surface area contributed by atoms with Gasteiger partial charge in [-0.15, -0.1) is 0 Å². The Bertz CT molecular complexity index is 196. The van der Waals surface area contributed by atoms with Gasteiger partial charge in [0, 0.05) is 18.4 Å². The number of ether oxygens (including phenoxy) is 1. The highest BCUT2D eigenvalue weighted by atomic mass is 16.5. The number of methoxy groups -OCH3 is 1. The molecule has 3 heteroatoms. The van der Waals surface area contributed by atoms with E-state index in [1.807, 2.05) is 0 Å². The summed E-state index contributed by atoms with van der Waals surface area (Å²) in [6, 6.07) is 0. The fraction of sp³-hybridized carbons (Fsp3) is 0.625. The maximum atomic E-state index is 10.6. The molecule has 0 saturated carbocycles. The molecular formula is C8H11NO2. The van der Waals surface area contributed by atoms with Crippen molar-refractivity contribution in [3.05, 3.63) is 0 Å². The van der Waals surface area contributed by atoms with Crippen LogP contribution in [0.5, 0.6) is 0 Å². The summed E-state index contributed by atoms with van der Waals surface area (Å²) in [5.41, 5.74) is 0. The Labute approximate surface area is 66.1 Å². The van der Waals surface area contributed by atoms with Crippen molar-refractivity contribution in [2.75, 3.05) is 20.2 Å². The second-order valence-electron chi connectivity index (χ2n) is 2.45. The normalized spacial score (nSPS) is 22.1. The van der Waals surface area contributed by atoms with E-state index in [0.717, 1.165) is 19.5 Å². The lowest BCUT2D eigenvalue weighted by molar-refractivity contribution is -0.133. The summed E-state index contributed by atoms with van der Waals surface area (Å²) >= 11 is 0. The Morgan fingerprint density at radius 3 is 3.09 bits per heavy atom. The lowest BCUT2D eigenvalue weighted by Crippen LogP contribution is -2.08. The summed E-state index contributed by atoms with van der Waals surface area (Å²) in [7, 11) is 1.34. The summed E-state index contributed by atoms with van der Waals surface area (Å²) in [5.74, 6) is 5.15. The Kier molecular flexibility index (Phi) is 2.94. The number of hydrogen-bond donors (Lipinski definition) is 1. The molecule has 60 valence electrons. The van der Waals surface area contributed by atoms with E-state index in [1.54, 1.807) is 0 Å². The van der Waals surface area contributed by atoms with Gasteiger partial charge in [0.25, 0.3) is 0 Å². The predicted molar refractivity (Wildman–Crippen MR) is 40.8 cm³/mol. The Morgan fingerprint density at radius 1 is 1.73 bits per heavy atom. The molecule has 1 rings (SSSR count). The highest BCUT2D eigenvalue weighted by Gasteiger charge is 2.10. The third kappa shape index (κ3) is 2.60. The van der Waals surface area contributed by atoms with Crippen LogP contribution in [0.4, 0.5) is 0 Å². The molecule has 0 spiro atoms. The second-order valence-corrected chi connectivity index (χ2v) is 2.45. The molecule has 1 saturated heterocycles. The van der Waals surface area contributed by atoms with Crippen molar-refractivity contribution in [2.24, 2.45) is 5.92 Å². The lowest BCUT2D eigenvalue weighted by atomic mass is 10.1. The molecule has 0 aliphatic carbocycles. The number of hydrogen-bond acceptors (Lipinski definition) is 3. The standard InChI is InChI=1S/C8H11NO2/c1-11-8(10)3-2-7-4-5-9-6-7/h7,9H,4-6H2,1H3/t7-/m0/s1. The fourth-order valence-corrected chi connectivity index (χ4v) is 0.990. The average molecular weight is 153 g/mol. The molecular weight excluding hydrogens is 142 g/mol. The minimum absolute atomic E-state index is 0.328. The lowest BCUT2D eigenvalue weighted by Gasteiger charge is -1.93. The zero-order chi connectivity index (χ0) is 8.10. The SMILES string of the molecule is COC(=O)C#C[C@H]1CCNC1. The molecule has 0 aromatic carbocycles. The van der Waals surface area contributed by atoms with Crippen LogP contribution in [0.1, 0.15) is 6.42 Å². The zero-order valence-electron chi connectivity index (χ0n) is 6.52. The van der Waals surface area contributed by atoms with Gasteiger partial charge in [-0.1, -0.05) is 5.92 Å². The molecule has 1 fully saturated rings. The van der Waals surface area contributed by atoms with Crippen molar-refractivity contribution in [3.8, 4) is 11.8 Å². The van der Waals surface area contributed by atoms with Crippen molar-refractivity contribution in [1.82, 2.24) is 5.32 Å². The molecule has 0 radical (unpaired) electrons. The number of carbonyl (C=O) groups excluding carboxylic acids is 1. The summed E-state index contributed by atoms with van der Waals surface area (Å²) in [6.07, 6.45) is 1.03. The van der Waals surface area contributed by atoms with E-state index in [0.29, 0.717) is 5.92 Å². The summed E-state index contributed by atoms with van der Waals surface area (Å²) < 4.78 is 4.38. The van der Waals surface area contributed by atoms with Crippen LogP contribution < -0.4 is 5.32 Å². The van der Waals surface area contributed by atoms with E-state index < -0.39 is 5.97 Å². The van der Waals surface area contributed by atoms with Gasteiger partial charge in [0.05, 0.1) is 7.11 Å². The number of nitrogens with one attached hydrogen (secondary N) is 1. The molecule has 3 nitrogen and oxygen atoms in total. The maximum absolute atomic E-state index is 10.6. The largest absolute Gasteiger partial charge is 0.459 e. The molecule has 11 heavy (non-hydrogen) atoms. The molecule has 0 aromatic rings. The summed E-state index contributed by atoms with van der Waals surface area (Å²) in [5, 5.41) is 3.16. The third-order valence-corrected chi connectivity index (χ3v) is 1.62. The molecule has 0 unspecified atom stereocenters. The molecule has 1 N–H and O–H groups in total. The first-order chi connectivity index (χ1) is 5.33. The van der Waals surface area contributed by atoms with Crippen LogP contribution in [-0.4, -0.2) is 26.2 Å². The van der Waals surface area contributed by atoms with Crippen molar-refractivity contribution in [1.29, 1.82) is 0 Å². The molecule has 1 aliphatic heterocycles. The molecule has 1 atom stereocenters. The number of esters is 1. The van der Waals surface area contributed by atoms with Gasteiger partial charge in [-0.2, -0.15) is 0 Å². The van der Waals surface area contributed by atoms with Gasteiger partial charge < -0.3 is 10.1 Å². The summed E-state index contributed by atoms with van der Waals surface area (Å²) in [6.45, 7) is 1.89.